The summed E-state index contributed by atoms with van der Waals surface area (Å²) in [5.74, 6) is 1.82. The van der Waals surface area contributed by atoms with Crippen LogP contribution in [0.3, 0.4) is 0 Å². The molecule has 1 unspecified atom stereocenters. The third-order valence-electron chi connectivity index (χ3n) is 5.14. The van der Waals surface area contributed by atoms with E-state index in [0.717, 1.165) is 24.6 Å². The summed E-state index contributed by atoms with van der Waals surface area (Å²) in [5, 5.41) is 3.10. The molecule has 4 nitrogen and oxygen atoms in total. The van der Waals surface area contributed by atoms with Crippen LogP contribution < -0.4 is 5.32 Å². The summed E-state index contributed by atoms with van der Waals surface area (Å²) >= 11 is 0. The Morgan fingerprint density at radius 1 is 1.11 bits per heavy atom. The van der Waals surface area contributed by atoms with Crippen LogP contribution >= 0.6 is 12.4 Å². The first kappa shape index (κ1) is 21.5. The number of hydrogen-bond acceptors (Lipinski definition) is 3. The normalized spacial score (nSPS) is 16.0. The molecule has 1 fully saturated rings. The van der Waals surface area contributed by atoms with E-state index in [4.69, 9.17) is 4.42 Å². The third-order valence-corrected chi connectivity index (χ3v) is 5.14. The molecule has 1 aromatic carbocycles. The maximum Gasteiger partial charge on any atom is 0.251 e. The molecule has 0 saturated carbocycles. The molecule has 148 valence electrons. The lowest BCUT2D eigenvalue weighted by atomic mass is 9.87. The van der Waals surface area contributed by atoms with Gasteiger partial charge in [-0.2, -0.15) is 0 Å². The average Bonchev–Trinajstić information content (AvgIpc) is 3.27. The average molecular weight is 391 g/mol. The van der Waals surface area contributed by atoms with Crippen LogP contribution in [0.2, 0.25) is 0 Å². The Bertz CT molecular complexity index is 740. The zero-order valence-electron chi connectivity index (χ0n) is 16.7. The predicted molar refractivity (Wildman–Crippen MR) is 112 cm³/mol. The lowest BCUT2D eigenvalue weighted by molar-refractivity contribution is 0.0933. The van der Waals surface area contributed by atoms with Gasteiger partial charge in [0.2, 0.25) is 0 Å². The number of carbonyl (C=O) groups is 1. The van der Waals surface area contributed by atoms with Crippen LogP contribution in [-0.4, -0.2) is 30.4 Å². The SMILES string of the molecule is Cc1ccc(C(CNC(=O)c2ccc(C(C)(C)C)cc2)N2CCCC2)o1.Cl. The summed E-state index contributed by atoms with van der Waals surface area (Å²) in [6.45, 7) is 11.2. The van der Waals surface area contributed by atoms with Gasteiger partial charge < -0.3 is 9.73 Å². The Morgan fingerprint density at radius 2 is 1.74 bits per heavy atom. The fourth-order valence-electron chi connectivity index (χ4n) is 3.51. The highest BCUT2D eigenvalue weighted by atomic mass is 35.5. The maximum atomic E-state index is 12.6. The fraction of sp³-hybridized carbons (Fsp3) is 0.500. The first-order chi connectivity index (χ1) is 12.3. The lowest BCUT2D eigenvalue weighted by Crippen LogP contribution is -2.36. The molecule has 27 heavy (non-hydrogen) atoms. The molecule has 0 aliphatic carbocycles. The molecule has 1 aromatic heterocycles. The zero-order chi connectivity index (χ0) is 18.7. The van der Waals surface area contributed by atoms with E-state index in [1.807, 2.05) is 43.3 Å². The minimum Gasteiger partial charge on any atom is -0.465 e. The van der Waals surface area contributed by atoms with Gasteiger partial charge in [0.25, 0.3) is 5.91 Å². The Labute approximate surface area is 168 Å². The van der Waals surface area contributed by atoms with Crippen molar-refractivity contribution in [3.05, 3.63) is 59.0 Å². The van der Waals surface area contributed by atoms with Gasteiger partial charge in [0.1, 0.15) is 11.5 Å². The molecule has 0 spiro atoms. The van der Waals surface area contributed by atoms with Crippen molar-refractivity contribution in [2.45, 2.75) is 52.0 Å². The van der Waals surface area contributed by atoms with Crippen molar-refractivity contribution in [2.24, 2.45) is 0 Å². The van der Waals surface area contributed by atoms with Crippen molar-refractivity contribution in [1.82, 2.24) is 10.2 Å². The van der Waals surface area contributed by atoms with Crippen molar-refractivity contribution >= 4 is 18.3 Å². The lowest BCUT2D eigenvalue weighted by Gasteiger charge is -2.26. The molecular formula is C22H31ClN2O2. The van der Waals surface area contributed by atoms with E-state index >= 15 is 0 Å². The number of halogens is 1. The van der Waals surface area contributed by atoms with E-state index in [-0.39, 0.29) is 29.8 Å². The van der Waals surface area contributed by atoms with Crippen molar-refractivity contribution < 1.29 is 9.21 Å². The van der Waals surface area contributed by atoms with Crippen LogP contribution in [-0.2, 0) is 5.41 Å². The Balaban J connectivity index is 0.00000261. The molecule has 1 N–H and O–H groups in total. The van der Waals surface area contributed by atoms with Crippen molar-refractivity contribution in [3.8, 4) is 0 Å². The molecule has 3 rings (SSSR count). The number of aryl methyl sites for hydroxylation is 1. The monoisotopic (exact) mass is 390 g/mol. The quantitative estimate of drug-likeness (QED) is 0.791. The number of rotatable bonds is 5. The topological polar surface area (TPSA) is 45.5 Å². The highest BCUT2D eigenvalue weighted by molar-refractivity contribution is 5.94. The van der Waals surface area contributed by atoms with E-state index in [9.17, 15) is 4.79 Å². The standard InChI is InChI=1S/C22H30N2O2.ClH/c1-16-7-12-20(26-16)19(24-13-5-6-14-24)15-23-21(25)17-8-10-18(11-9-17)22(2,3)4;/h7-12,19H,5-6,13-15H2,1-4H3,(H,23,25);1H. The van der Waals surface area contributed by atoms with Crippen LogP contribution in [0.15, 0.2) is 40.8 Å². The molecule has 1 aliphatic heterocycles. The van der Waals surface area contributed by atoms with Gasteiger partial charge in [0, 0.05) is 12.1 Å². The number of nitrogens with zero attached hydrogens (tertiary/aromatic N) is 1. The third kappa shape index (κ3) is 5.36. The second kappa shape index (κ2) is 8.94. The highest BCUT2D eigenvalue weighted by Crippen LogP contribution is 2.26. The van der Waals surface area contributed by atoms with Crippen molar-refractivity contribution in [1.29, 1.82) is 0 Å². The summed E-state index contributed by atoms with van der Waals surface area (Å²) in [5.41, 5.74) is 2.02. The van der Waals surface area contributed by atoms with Gasteiger partial charge in [-0.05, 0) is 68.1 Å². The van der Waals surface area contributed by atoms with E-state index in [1.165, 1.54) is 18.4 Å². The largest absolute Gasteiger partial charge is 0.465 e. The minimum atomic E-state index is -0.0297. The summed E-state index contributed by atoms with van der Waals surface area (Å²) in [6, 6.07) is 12.0. The maximum absolute atomic E-state index is 12.6. The molecule has 0 radical (unpaired) electrons. The fourth-order valence-corrected chi connectivity index (χ4v) is 3.51. The van der Waals surface area contributed by atoms with Crippen LogP contribution in [0.5, 0.6) is 0 Å². The molecule has 5 heteroatoms. The number of benzene rings is 1. The number of amides is 1. The number of furan rings is 1. The van der Waals surface area contributed by atoms with Crippen LogP contribution in [0.4, 0.5) is 0 Å². The second-order valence-electron chi connectivity index (χ2n) is 8.24. The number of hydrogen-bond donors (Lipinski definition) is 1. The van der Waals surface area contributed by atoms with Crippen molar-refractivity contribution in [2.75, 3.05) is 19.6 Å². The summed E-state index contributed by atoms with van der Waals surface area (Å²) in [4.78, 5) is 15.0. The van der Waals surface area contributed by atoms with Gasteiger partial charge in [-0.3, -0.25) is 9.69 Å². The molecule has 0 bridgehead atoms. The molecule has 2 aromatic rings. The molecular weight excluding hydrogens is 360 g/mol. The van der Waals surface area contributed by atoms with Gasteiger partial charge in [0.05, 0.1) is 6.04 Å². The van der Waals surface area contributed by atoms with E-state index in [0.29, 0.717) is 12.1 Å². The smallest absolute Gasteiger partial charge is 0.251 e. The summed E-state index contributed by atoms with van der Waals surface area (Å²) < 4.78 is 5.86. The van der Waals surface area contributed by atoms with E-state index in [2.05, 4.69) is 31.0 Å². The van der Waals surface area contributed by atoms with Gasteiger partial charge in [-0.1, -0.05) is 32.9 Å². The van der Waals surface area contributed by atoms with Crippen LogP contribution in [0, 0.1) is 6.92 Å². The first-order valence-corrected chi connectivity index (χ1v) is 9.54. The van der Waals surface area contributed by atoms with E-state index < -0.39 is 0 Å². The number of carbonyl (C=O) groups excluding carboxylic acids is 1. The summed E-state index contributed by atoms with van der Waals surface area (Å²) in [6.07, 6.45) is 2.41. The molecule has 1 aliphatic rings. The number of likely N-dealkylation sites (tertiary alicyclic amines) is 1. The van der Waals surface area contributed by atoms with Crippen LogP contribution in [0.25, 0.3) is 0 Å². The number of nitrogens with one attached hydrogen (secondary N) is 1. The van der Waals surface area contributed by atoms with Gasteiger partial charge in [-0.15, -0.1) is 12.4 Å². The molecule has 2 heterocycles. The highest BCUT2D eigenvalue weighted by Gasteiger charge is 2.26. The zero-order valence-corrected chi connectivity index (χ0v) is 17.6. The molecule has 1 saturated heterocycles. The minimum absolute atomic E-state index is 0. The first-order valence-electron chi connectivity index (χ1n) is 9.54. The molecule has 1 amide bonds. The van der Waals surface area contributed by atoms with Gasteiger partial charge in [0.15, 0.2) is 0 Å². The Kier molecular flexibility index (Phi) is 7.12. The van der Waals surface area contributed by atoms with Crippen molar-refractivity contribution in [3.63, 3.8) is 0 Å². The predicted octanol–water partition coefficient (Wildman–Crippen LogP) is 4.87. The second-order valence-corrected chi connectivity index (χ2v) is 8.24. The molecule has 1 atom stereocenters. The Hall–Kier alpha value is -1.78. The van der Waals surface area contributed by atoms with Gasteiger partial charge >= 0.3 is 0 Å². The van der Waals surface area contributed by atoms with Gasteiger partial charge in [-0.25, -0.2) is 0 Å². The Morgan fingerprint density at radius 3 is 2.26 bits per heavy atom. The summed E-state index contributed by atoms with van der Waals surface area (Å²) in [7, 11) is 0. The van der Waals surface area contributed by atoms with E-state index in [1.54, 1.807) is 0 Å². The van der Waals surface area contributed by atoms with Crippen LogP contribution in [0.1, 0.15) is 67.1 Å².